The first kappa shape index (κ1) is 15.6. The second kappa shape index (κ2) is 7.26. The summed E-state index contributed by atoms with van der Waals surface area (Å²) in [7, 11) is 0. The standard InChI is InChI=1S/C17H22ClNS/c1-4-14(13-9-7-6-8-10-13)16(19-5-2)15-11-12(3)17(18)20-15/h6-11,14,16,19H,4-5H2,1-3H3. The SMILES string of the molecule is CCNC(c1cc(C)c(Cl)s1)C(CC)c1ccccc1. The lowest BCUT2D eigenvalue weighted by Gasteiger charge is -2.26. The predicted octanol–water partition coefficient (Wildman–Crippen LogP) is 5.55. The van der Waals surface area contributed by atoms with Gasteiger partial charge in [-0.1, -0.05) is 55.8 Å². The molecule has 1 aromatic carbocycles. The van der Waals surface area contributed by atoms with E-state index in [1.807, 2.05) is 0 Å². The average Bonchev–Trinajstić information content (AvgIpc) is 2.79. The summed E-state index contributed by atoms with van der Waals surface area (Å²) in [5, 5.41) is 3.64. The van der Waals surface area contributed by atoms with Gasteiger partial charge in [0.2, 0.25) is 0 Å². The van der Waals surface area contributed by atoms with Crippen molar-refractivity contribution in [1.82, 2.24) is 5.32 Å². The van der Waals surface area contributed by atoms with Crippen molar-refractivity contribution in [1.29, 1.82) is 0 Å². The number of aryl methyl sites for hydroxylation is 1. The quantitative estimate of drug-likeness (QED) is 0.737. The zero-order chi connectivity index (χ0) is 14.5. The van der Waals surface area contributed by atoms with Gasteiger partial charge in [-0.25, -0.2) is 0 Å². The van der Waals surface area contributed by atoms with Crippen LogP contribution in [0.1, 0.15) is 48.2 Å². The normalized spacial score (nSPS) is 14.2. The molecule has 0 aliphatic carbocycles. The zero-order valence-electron chi connectivity index (χ0n) is 12.3. The second-order valence-corrected chi connectivity index (χ2v) is 6.75. The monoisotopic (exact) mass is 307 g/mol. The molecule has 2 rings (SSSR count). The van der Waals surface area contributed by atoms with E-state index in [4.69, 9.17) is 11.6 Å². The van der Waals surface area contributed by atoms with E-state index in [1.165, 1.54) is 16.0 Å². The smallest absolute Gasteiger partial charge is 0.0960 e. The fraction of sp³-hybridized carbons (Fsp3) is 0.412. The minimum absolute atomic E-state index is 0.337. The molecule has 108 valence electrons. The van der Waals surface area contributed by atoms with Crippen molar-refractivity contribution in [2.24, 2.45) is 0 Å². The maximum atomic E-state index is 6.26. The van der Waals surface area contributed by atoms with Gasteiger partial charge in [-0.15, -0.1) is 11.3 Å². The minimum atomic E-state index is 0.337. The maximum Gasteiger partial charge on any atom is 0.0960 e. The molecule has 3 heteroatoms. The molecule has 0 saturated heterocycles. The molecule has 1 heterocycles. The molecular formula is C17H22ClNS. The first-order valence-corrected chi connectivity index (χ1v) is 8.41. The third-order valence-corrected chi connectivity index (χ3v) is 5.31. The van der Waals surface area contributed by atoms with E-state index < -0.39 is 0 Å². The molecule has 2 atom stereocenters. The topological polar surface area (TPSA) is 12.0 Å². The molecule has 1 nitrogen and oxygen atoms in total. The molecule has 0 aliphatic heterocycles. The van der Waals surface area contributed by atoms with E-state index in [9.17, 15) is 0 Å². The number of thiophene rings is 1. The Morgan fingerprint density at radius 2 is 1.90 bits per heavy atom. The second-order valence-electron chi connectivity index (χ2n) is 5.07. The van der Waals surface area contributed by atoms with Crippen LogP contribution in [-0.4, -0.2) is 6.54 Å². The van der Waals surface area contributed by atoms with E-state index in [0.717, 1.165) is 17.3 Å². The van der Waals surface area contributed by atoms with Gasteiger partial charge in [-0.2, -0.15) is 0 Å². The van der Waals surface area contributed by atoms with Gasteiger partial charge in [0.05, 0.1) is 4.34 Å². The van der Waals surface area contributed by atoms with Crippen LogP contribution in [-0.2, 0) is 0 Å². The summed E-state index contributed by atoms with van der Waals surface area (Å²) < 4.78 is 0.908. The fourth-order valence-electron chi connectivity index (χ4n) is 2.66. The molecule has 0 bridgehead atoms. The maximum absolute atomic E-state index is 6.26. The summed E-state index contributed by atoms with van der Waals surface area (Å²) in [6, 6.07) is 13.3. The van der Waals surface area contributed by atoms with Gasteiger partial charge in [-0.3, -0.25) is 0 Å². The van der Waals surface area contributed by atoms with Crippen LogP contribution in [0.5, 0.6) is 0 Å². The van der Waals surface area contributed by atoms with E-state index in [0.29, 0.717) is 12.0 Å². The summed E-state index contributed by atoms with van der Waals surface area (Å²) in [5.41, 5.74) is 2.57. The number of likely N-dealkylation sites (N-methyl/N-ethyl adjacent to an activating group) is 1. The highest BCUT2D eigenvalue weighted by Gasteiger charge is 2.24. The summed E-state index contributed by atoms with van der Waals surface area (Å²) in [6.07, 6.45) is 1.11. The highest BCUT2D eigenvalue weighted by atomic mass is 35.5. The molecule has 0 aliphatic rings. The number of hydrogen-bond donors (Lipinski definition) is 1. The Kier molecular flexibility index (Phi) is 5.64. The minimum Gasteiger partial charge on any atom is -0.309 e. The van der Waals surface area contributed by atoms with Crippen molar-refractivity contribution in [2.75, 3.05) is 6.54 Å². The number of benzene rings is 1. The Hall–Kier alpha value is -0.830. The molecule has 0 radical (unpaired) electrons. The lowest BCUT2D eigenvalue weighted by Crippen LogP contribution is -2.26. The number of hydrogen-bond acceptors (Lipinski definition) is 2. The summed E-state index contributed by atoms with van der Waals surface area (Å²) >= 11 is 7.96. The van der Waals surface area contributed by atoms with Crippen LogP contribution in [0.15, 0.2) is 36.4 Å². The van der Waals surface area contributed by atoms with Crippen LogP contribution in [0.3, 0.4) is 0 Å². The van der Waals surface area contributed by atoms with Gasteiger partial charge >= 0.3 is 0 Å². The van der Waals surface area contributed by atoms with Crippen molar-refractivity contribution in [3.8, 4) is 0 Å². The Morgan fingerprint density at radius 1 is 1.20 bits per heavy atom. The van der Waals surface area contributed by atoms with Crippen LogP contribution in [0, 0.1) is 6.92 Å². The molecule has 2 aromatic rings. The van der Waals surface area contributed by atoms with Crippen LogP contribution in [0.4, 0.5) is 0 Å². The molecule has 0 fully saturated rings. The molecule has 0 spiro atoms. The molecule has 0 amide bonds. The Balaban J connectivity index is 2.35. The molecular weight excluding hydrogens is 286 g/mol. The van der Waals surface area contributed by atoms with Gasteiger partial charge in [0.15, 0.2) is 0 Å². The van der Waals surface area contributed by atoms with Crippen LogP contribution in [0.25, 0.3) is 0 Å². The van der Waals surface area contributed by atoms with Gasteiger partial charge in [0.25, 0.3) is 0 Å². The third-order valence-electron chi connectivity index (χ3n) is 3.68. The van der Waals surface area contributed by atoms with E-state index >= 15 is 0 Å². The van der Waals surface area contributed by atoms with Crippen molar-refractivity contribution in [3.63, 3.8) is 0 Å². The lowest BCUT2D eigenvalue weighted by atomic mass is 9.88. The first-order valence-electron chi connectivity index (χ1n) is 7.21. The fourth-order valence-corrected chi connectivity index (χ4v) is 4.02. The largest absolute Gasteiger partial charge is 0.309 e. The van der Waals surface area contributed by atoms with Crippen molar-refractivity contribution >= 4 is 22.9 Å². The van der Waals surface area contributed by atoms with Crippen LogP contribution in [0.2, 0.25) is 4.34 Å². The Labute approximate surface area is 131 Å². The van der Waals surface area contributed by atoms with Crippen LogP contribution < -0.4 is 5.32 Å². The molecule has 1 aromatic heterocycles. The summed E-state index contributed by atoms with van der Waals surface area (Å²) in [4.78, 5) is 1.34. The summed E-state index contributed by atoms with van der Waals surface area (Å²) in [6.45, 7) is 7.45. The third kappa shape index (κ3) is 3.43. The van der Waals surface area contributed by atoms with Crippen molar-refractivity contribution < 1.29 is 0 Å². The summed E-state index contributed by atoms with van der Waals surface area (Å²) in [5.74, 6) is 0.477. The van der Waals surface area contributed by atoms with E-state index in [2.05, 4.69) is 62.5 Å². The highest BCUT2D eigenvalue weighted by Crippen LogP contribution is 2.39. The molecule has 0 saturated carbocycles. The molecule has 20 heavy (non-hydrogen) atoms. The van der Waals surface area contributed by atoms with E-state index in [1.54, 1.807) is 11.3 Å². The van der Waals surface area contributed by atoms with Gasteiger partial charge in [0, 0.05) is 16.8 Å². The van der Waals surface area contributed by atoms with Crippen molar-refractivity contribution in [3.05, 3.63) is 56.7 Å². The zero-order valence-corrected chi connectivity index (χ0v) is 13.9. The van der Waals surface area contributed by atoms with Crippen molar-refractivity contribution in [2.45, 2.75) is 39.2 Å². The van der Waals surface area contributed by atoms with E-state index in [-0.39, 0.29) is 0 Å². The molecule has 2 unspecified atom stereocenters. The highest BCUT2D eigenvalue weighted by molar-refractivity contribution is 7.16. The number of rotatable bonds is 6. The van der Waals surface area contributed by atoms with Gasteiger partial charge < -0.3 is 5.32 Å². The molecule has 1 N–H and O–H groups in total. The first-order chi connectivity index (χ1) is 9.67. The van der Waals surface area contributed by atoms with Gasteiger partial charge in [0.1, 0.15) is 0 Å². The predicted molar refractivity (Wildman–Crippen MR) is 90.0 cm³/mol. The Morgan fingerprint density at radius 3 is 2.40 bits per heavy atom. The number of halogens is 1. The van der Waals surface area contributed by atoms with Gasteiger partial charge in [-0.05, 0) is 37.1 Å². The Bertz CT molecular complexity index is 516. The average molecular weight is 308 g/mol. The van der Waals surface area contributed by atoms with Crippen LogP contribution >= 0.6 is 22.9 Å². The number of nitrogens with one attached hydrogen (secondary N) is 1. The lowest BCUT2D eigenvalue weighted by molar-refractivity contribution is 0.451.